The summed E-state index contributed by atoms with van der Waals surface area (Å²) in [6.07, 6.45) is 3.72. The first kappa shape index (κ1) is 17.1. The average molecular weight is 360 g/mol. The molecule has 0 radical (unpaired) electrons. The summed E-state index contributed by atoms with van der Waals surface area (Å²) in [6, 6.07) is 16.8. The molecular formula is C25H28O2. The molecule has 0 heterocycles. The first-order valence-electron chi connectivity index (χ1n) is 10.2. The molecule has 2 aromatic rings. The van der Waals surface area contributed by atoms with Crippen LogP contribution >= 0.6 is 0 Å². The Hall–Kier alpha value is -2.06. The zero-order valence-corrected chi connectivity index (χ0v) is 15.9. The van der Waals surface area contributed by atoms with Gasteiger partial charge in [0.2, 0.25) is 0 Å². The number of fused-ring (bicyclic) bond motifs is 5. The van der Waals surface area contributed by atoms with Gasteiger partial charge in [0.15, 0.2) is 0 Å². The molecule has 3 aliphatic rings. The fraction of sp³-hybridized carbons (Fsp3) is 0.440. The van der Waals surface area contributed by atoms with Crippen LogP contribution in [0.2, 0.25) is 0 Å². The average Bonchev–Trinajstić information content (AvgIpc) is 2.90. The Kier molecular flexibility index (Phi) is 3.77. The van der Waals surface area contributed by atoms with Crippen molar-refractivity contribution >= 4 is 0 Å². The van der Waals surface area contributed by atoms with Crippen molar-refractivity contribution in [2.45, 2.75) is 50.5 Å². The van der Waals surface area contributed by atoms with Crippen molar-refractivity contribution in [2.75, 3.05) is 0 Å². The Morgan fingerprint density at radius 3 is 2.63 bits per heavy atom. The lowest BCUT2D eigenvalue weighted by molar-refractivity contribution is 0.0600. The maximum absolute atomic E-state index is 10.6. The first-order chi connectivity index (χ1) is 13.0. The van der Waals surface area contributed by atoms with Crippen LogP contribution in [0.3, 0.4) is 0 Å². The molecule has 5 rings (SSSR count). The fourth-order valence-corrected chi connectivity index (χ4v) is 6.65. The molecule has 140 valence electrons. The van der Waals surface area contributed by atoms with Crippen molar-refractivity contribution in [3.63, 3.8) is 0 Å². The molecule has 0 saturated heterocycles. The molecule has 2 saturated carbocycles. The quantitative estimate of drug-likeness (QED) is 0.689. The van der Waals surface area contributed by atoms with Gasteiger partial charge in [-0.15, -0.1) is 0 Å². The predicted molar refractivity (Wildman–Crippen MR) is 108 cm³/mol. The lowest BCUT2D eigenvalue weighted by atomic mass is 9.51. The lowest BCUT2D eigenvalue weighted by Crippen LogP contribution is -2.43. The topological polar surface area (TPSA) is 40.5 Å². The van der Waals surface area contributed by atoms with Crippen molar-refractivity contribution in [3.05, 3.63) is 77.4 Å². The number of benzene rings is 2. The number of aromatic hydroxyl groups is 1. The number of phenolic OH excluding ortho intramolecular Hbond substituents is 1. The summed E-state index contributed by atoms with van der Waals surface area (Å²) in [7, 11) is 0. The highest BCUT2D eigenvalue weighted by molar-refractivity contribution is 5.44. The SMILES string of the molecule is C=C1[C@H](O)C[C@@]2(C)CC[C@@H]3c4ccc(O)cc4C[C@@H](c4ccccc4)[C@H]3[C@H]12. The second-order valence-electron chi connectivity index (χ2n) is 9.25. The summed E-state index contributed by atoms with van der Waals surface area (Å²) in [5.41, 5.74) is 5.27. The van der Waals surface area contributed by atoms with E-state index in [2.05, 4.69) is 49.9 Å². The third-order valence-electron chi connectivity index (χ3n) is 7.77. The maximum atomic E-state index is 10.6. The van der Waals surface area contributed by atoms with Crippen molar-refractivity contribution in [1.82, 2.24) is 0 Å². The molecule has 2 fully saturated rings. The van der Waals surface area contributed by atoms with Gasteiger partial charge in [-0.1, -0.05) is 49.9 Å². The van der Waals surface area contributed by atoms with E-state index in [0.717, 1.165) is 31.3 Å². The normalized spacial score (nSPS) is 37.4. The molecule has 2 N–H and O–H groups in total. The molecule has 0 bridgehead atoms. The maximum Gasteiger partial charge on any atom is 0.115 e. The largest absolute Gasteiger partial charge is 0.508 e. The molecular weight excluding hydrogens is 332 g/mol. The van der Waals surface area contributed by atoms with Crippen LogP contribution in [0.25, 0.3) is 0 Å². The van der Waals surface area contributed by atoms with E-state index in [0.29, 0.717) is 29.4 Å². The zero-order valence-electron chi connectivity index (χ0n) is 15.9. The summed E-state index contributed by atoms with van der Waals surface area (Å²) in [5.74, 6) is 2.06. The number of aliphatic hydroxyl groups is 1. The minimum absolute atomic E-state index is 0.152. The standard InChI is InChI=1S/C25H28O2/c1-15-22(27)14-25(2)11-10-20-19-9-8-18(26)12-17(19)13-21(23(20)24(15)25)16-6-4-3-5-7-16/h3-9,12,20-24,26-27H,1,10-11,13-14H2,2H3/t20-,21+,22-,23+,24+,25-/m1/s1. The molecule has 2 nitrogen and oxygen atoms in total. The highest BCUT2D eigenvalue weighted by Crippen LogP contribution is 2.65. The van der Waals surface area contributed by atoms with Crippen LogP contribution in [0.4, 0.5) is 0 Å². The Labute approximate surface area is 161 Å². The zero-order chi connectivity index (χ0) is 18.8. The number of hydrogen-bond donors (Lipinski definition) is 2. The van der Waals surface area contributed by atoms with Crippen molar-refractivity contribution in [3.8, 4) is 5.75 Å². The van der Waals surface area contributed by atoms with Crippen LogP contribution in [0, 0.1) is 17.3 Å². The Bertz CT molecular complexity index is 886. The minimum Gasteiger partial charge on any atom is -0.508 e. The van der Waals surface area contributed by atoms with E-state index in [4.69, 9.17) is 0 Å². The third-order valence-corrected chi connectivity index (χ3v) is 7.77. The smallest absolute Gasteiger partial charge is 0.115 e. The molecule has 0 amide bonds. The molecule has 2 heteroatoms. The summed E-state index contributed by atoms with van der Waals surface area (Å²) in [4.78, 5) is 0. The summed E-state index contributed by atoms with van der Waals surface area (Å²) in [5, 5.41) is 20.7. The second-order valence-corrected chi connectivity index (χ2v) is 9.25. The molecule has 2 aromatic carbocycles. The van der Waals surface area contributed by atoms with Gasteiger partial charge in [-0.3, -0.25) is 0 Å². The molecule has 6 atom stereocenters. The summed E-state index contributed by atoms with van der Waals surface area (Å²) >= 11 is 0. The highest BCUT2D eigenvalue weighted by Gasteiger charge is 2.57. The number of rotatable bonds is 1. The van der Waals surface area contributed by atoms with Gasteiger partial charge in [0.1, 0.15) is 5.75 Å². The summed E-state index contributed by atoms with van der Waals surface area (Å²) in [6.45, 7) is 6.73. The Balaban J connectivity index is 1.68. The van der Waals surface area contributed by atoms with Gasteiger partial charge in [0.25, 0.3) is 0 Å². The van der Waals surface area contributed by atoms with Gasteiger partial charge >= 0.3 is 0 Å². The number of phenols is 1. The monoisotopic (exact) mass is 360 g/mol. The number of hydrogen-bond acceptors (Lipinski definition) is 2. The first-order valence-corrected chi connectivity index (χ1v) is 10.2. The molecule has 27 heavy (non-hydrogen) atoms. The van der Waals surface area contributed by atoms with Crippen LogP contribution in [0.5, 0.6) is 5.75 Å². The van der Waals surface area contributed by atoms with E-state index < -0.39 is 0 Å². The van der Waals surface area contributed by atoms with Gasteiger partial charge in [0, 0.05) is 0 Å². The molecule has 3 aliphatic carbocycles. The van der Waals surface area contributed by atoms with E-state index in [-0.39, 0.29) is 11.5 Å². The van der Waals surface area contributed by atoms with E-state index in [1.165, 1.54) is 16.7 Å². The van der Waals surface area contributed by atoms with Crippen molar-refractivity contribution < 1.29 is 10.2 Å². The highest BCUT2D eigenvalue weighted by atomic mass is 16.3. The van der Waals surface area contributed by atoms with Gasteiger partial charge in [-0.2, -0.15) is 0 Å². The summed E-state index contributed by atoms with van der Waals surface area (Å²) < 4.78 is 0. The van der Waals surface area contributed by atoms with Crippen LogP contribution in [-0.2, 0) is 6.42 Å². The van der Waals surface area contributed by atoms with Gasteiger partial charge in [0.05, 0.1) is 6.10 Å². The fourth-order valence-electron chi connectivity index (χ4n) is 6.65. The second kappa shape index (κ2) is 5.97. The van der Waals surface area contributed by atoms with E-state index in [1.807, 2.05) is 12.1 Å². The number of aliphatic hydroxyl groups excluding tert-OH is 1. The third kappa shape index (κ3) is 2.50. The lowest BCUT2D eigenvalue weighted by Gasteiger charge is -2.52. The Morgan fingerprint density at radius 1 is 1.07 bits per heavy atom. The van der Waals surface area contributed by atoms with Crippen LogP contribution in [0.1, 0.15) is 54.7 Å². The van der Waals surface area contributed by atoms with Crippen LogP contribution in [0.15, 0.2) is 60.7 Å². The minimum atomic E-state index is -0.364. The molecule has 0 spiro atoms. The van der Waals surface area contributed by atoms with E-state index >= 15 is 0 Å². The van der Waals surface area contributed by atoms with Crippen LogP contribution < -0.4 is 0 Å². The van der Waals surface area contributed by atoms with E-state index in [9.17, 15) is 10.2 Å². The molecule has 0 aliphatic heterocycles. The van der Waals surface area contributed by atoms with Crippen molar-refractivity contribution in [2.24, 2.45) is 17.3 Å². The molecule has 0 unspecified atom stereocenters. The van der Waals surface area contributed by atoms with Gasteiger partial charge < -0.3 is 10.2 Å². The van der Waals surface area contributed by atoms with Crippen LogP contribution in [-0.4, -0.2) is 16.3 Å². The predicted octanol–water partition coefficient (Wildman–Crippen LogP) is 5.17. The van der Waals surface area contributed by atoms with Crippen molar-refractivity contribution in [1.29, 1.82) is 0 Å². The molecule has 0 aromatic heterocycles. The van der Waals surface area contributed by atoms with Gasteiger partial charge in [-0.05, 0) is 89.2 Å². The van der Waals surface area contributed by atoms with Gasteiger partial charge in [-0.25, -0.2) is 0 Å². The Morgan fingerprint density at radius 2 is 1.85 bits per heavy atom. The van der Waals surface area contributed by atoms with E-state index in [1.54, 1.807) is 0 Å².